The molecule has 0 heterocycles. The van der Waals surface area contributed by atoms with Gasteiger partial charge in [-0.1, -0.05) is 6.92 Å². The van der Waals surface area contributed by atoms with Crippen molar-refractivity contribution in [3.8, 4) is 0 Å². The number of carboxylic acids is 1. The Labute approximate surface area is 113 Å². The summed E-state index contributed by atoms with van der Waals surface area (Å²) in [6.07, 6.45) is 0.398. The summed E-state index contributed by atoms with van der Waals surface area (Å²) in [5, 5.41) is 14.0. The van der Waals surface area contributed by atoms with Crippen LogP contribution >= 0.6 is 0 Å². The van der Waals surface area contributed by atoms with Crippen LogP contribution in [0.3, 0.4) is 0 Å². The lowest BCUT2D eigenvalue weighted by molar-refractivity contribution is -0.147. The normalized spacial score (nSPS) is 15.0. The van der Waals surface area contributed by atoms with Crippen LogP contribution in [0.15, 0.2) is 0 Å². The number of carbonyl (C=O) groups excluding carboxylic acids is 2. The van der Waals surface area contributed by atoms with Gasteiger partial charge in [0.2, 0.25) is 5.91 Å². The second-order valence-corrected chi connectivity index (χ2v) is 5.00. The van der Waals surface area contributed by atoms with Crippen molar-refractivity contribution in [1.82, 2.24) is 15.5 Å². The van der Waals surface area contributed by atoms with Crippen molar-refractivity contribution in [1.29, 1.82) is 0 Å². The summed E-state index contributed by atoms with van der Waals surface area (Å²) in [4.78, 5) is 35.5. The monoisotopic (exact) mass is 273 g/mol. The highest BCUT2D eigenvalue weighted by Gasteiger charge is 2.31. The Balaban J connectivity index is 4.34. The van der Waals surface area contributed by atoms with Gasteiger partial charge in [0.25, 0.3) is 0 Å². The molecule has 0 fully saturated rings. The maximum Gasteiger partial charge on any atom is 0.315 e. The highest BCUT2D eigenvalue weighted by atomic mass is 16.4. The molecule has 110 valence electrons. The van der Waals surface area contributed by atoms with E-state index in [2.05, 4.69) is 10.6 Å². The molecule has 0 aromatic heterocycles. The summed E-state index contributed by atoms with van der Waals surface area (Å²) in [7, 11) is 3.19. The van der Waals surface area contributed by atoms with Gasteiger partial charge in [0, 0.05) is 20.6 Å². The number of nitrogens with one attached hydrogen (secondary N) is 2. The Morgan fingerprint density at radius 2 is 1.84 bits per heavy atom. The van der Waals surface area contributed by atoms with E-state index in [1.807, 2.05) is 0 Å². The molecule has 0 aromatic carbocycles. The van der Waals surface area contributed by atoms with Crippen LogP contribution in [0.25, 0.3) is 0 Å². The third kappa shape index (κ3) is 5.15. The van der Waals surface area contributed by atoms with Crippen LogP contribution < -0.4 is 10.6 Å². The molecule has 19 heavy (non-hydrogen) atoms. The average Bonchev–Trinajstić information content (AvgIpc) is 2.34. The molecule has 0 aliphatic carbocycles. The van der Waals surface area contributed by atoms with Crippen LogP contribution in [0, 0.1) is 5.41 Å². The number of rotatable bonds is 6. The summed E-state index contributed by atoms with van der Waals surface area (Å²) in [6, 6.07) is -1.21. The fourth-order valence-electron chi connectivity index (χ4n) is 1.32. The number of hydrogen-bond donors (Lipinski definition) is 3. The first-order valence-electron chi connectivity index (χ1n) is 6.13. The topological polar surface area (TPSA) is 98.7 Å². The van der Waals surface area contributed by atoms with Crippen LogP contribution in [-0.4, -0.2) is 54.6 Å². The predicted octanol–water partition coefficient (Wildman–Crippen LogP) is 0.263. The third-order valence-electron chi connectivity index (χ3n) is 3.09. The Bertz CT molecular complexity index is 357. The van der Waals surface area contributed by atoms with Gasteiger partial charge < -0.3 is 20.6 Å². The second kappa shape index (κ2) is 6.96. The molecule has 0 saturated heterocycles. The van der Waals surface area contributed by atoms with Crippen molar-refractivity contribution in [2.45, 2.75) is 33.2 Å². The summed E-state index contributed by atoms with van der Waals surface area (Å²) in [5.41, 5.74) is -1.01. The summed E-state index contributed by atoms with van der Waals surface area (Å²) >= 11 is 0. The van der Waals surface area contributed by atoms with Crippen LogP contribution in [-0.2, 0) is 9.59 Å². The van der Waals surface area contributed by atoms with Gasteiger partial charge in [-0.05, 0) is 20.3 Å². The van der Waals surface area contributed by atoms with Crippen LogP contribution in [0.5, 0.6) is 0 Å². The molecule has 0 saturated carbocycles. The smallest absolute Gasteiger partial charge is 0.315 e. The molecule has 0 bridgehead atoms. The van der Waals surface area contributed by atoms with Gasteiger partial charge in [-0.2, -0.15) is 0 Å². The Morgan fingerprint density at radius 1 is 1.32 bits per heavy atom. The van der Waals surface area contributed by atoms with E-state index in [-0.39, 0.29) is 12.5 Å². The zero-order chi connectivity index (χ0) is 15.2. The van der Waals surface area contributed by atoms with Gasteiger partial charge in [0.15, 0.2) is 0 Å². The van der Waals surface area contributed by atoms with Crippen molar-refractivity contribution in [2.75, 3.05) is 20.6 Å². The largest absolute Gasteiger partial charge is 0.481 e. The second-order valence-electron chi connectivity index (χ2n) is 5.00. The summed E-state index contributed by atoms with van der Waals surface area (Å²) < 4.78 is 0. The molecule has 3 amide bonds. The van der Waals surface area contributed by atoms with Crippen LogP contribution in [0.2, 0.25) is 0 Å². The highest BCUT2D eigenvalue weighted by Crippen LogP contribution is 2.19. The van der Waals surface area contributed by atoms with Gasteiger partial charge in [-0.3, -0.25) is 9.59 Å². The maximum absolute atomic E-state index is 11.6. The van der Waals surface area contributed by atoms with Crippen molar-refractivity contribution >= 4 is 17.9 Å². The number of likely N-dealkylation sites (N-methyl/N-ethyl adjacent to an activating group) is 1. The molecule has 2 atom stereocenters. The van der Waals surface area contributed by atoms with Crippen molar-refractivity contribution < 1.29 is 19.5 Å². The number of aliphatic carboxylic acids is 1. The van der Waals surface area contributed by atoms with Gasteiger partial charge in [0.05, 0.1) is 5.41 Å². The van der Waals surface area contributed by atoms with Crippen molar-refractivity contribution in [3.63, 3.8) is 0 Å². The fraction of sp³-hybridized carbons (Fsp3) is 0.750. The highest BCUT2D eigenvalue weighted by molar-refractivity contribution is 5.86. The minimum atomic E-state index is -1.01. The third-order valence-corrected chi connectivity index (χ3v) is 3.09. The van der Waals surface area contributed by atoms with E-state index in [0.717, 1.165) is 0 Å². The molecule has 0 rings (SSSR count). The quantitative estimate of drug-likeness (QED) is 0.646. The summed E-state index contributed by atoms with van der Waals surface area (Å²) in [5.74, 6) is -1.20. The minimum Gasteiger partial charge on any atom is -0.481 e. The first kappa shape index (κ1) is 17.2. The lowest BCUT2D eigenvalue weighted by Gasteiger charge is -2.24. The lowest BCUT2D eigenvalue weighted by atomic mass is 9.88. The van der Waals surface area contributed by atoms with E-state index in [1.165, 1.54) is 4.90 Å². The maximum atomic E-state index is 11.6. The molecule has 0 aromatic rings. The fourth-order valence-corrected chi connectivity index (χ4v) is 1.32. The van der Waals surface area contributed by atoms with E-state index in [1.54, 1.807) is 34.9 Å². The van der Waals surface area contributed by atoms with Crippen LogP contribution in [0.4, 0.5) is 4.79 Å². The Kier molecular flexibility index (Phi) is 6.31. The number of nitrogens with zero attached hydrogens (tertiary/aromatic N) is 1. The van der Waals surface area contributed by atoms with Gasteiger partial charge in [-0.25, -0.2) is 4.79 Å². The van der Waals surface area contributed by atoms with E-state index in [0.29, 0.717) is 6.42 Å². The lowest BCUT2D eigenvalue weighted by Crippen LogP contribution is -2.50. The number of urea groups is 1. The number of hydrogen-bond acceptors (Lipinski definition) is 3. The van der Waals surface area contributed by atoms with Crippen molar-refractivity contribution in [2.24, 2.45) is 5.41 Å². The molecule has 0 aliphatic rings. The van der Waals surface area contributed by atoms with Gasteiger partial charge in [-0.15, -0.1) is 0 Å². The zero-order valence-corrected chi connectivity index (χ0v) is 12.1. The van der Waals surface area contributed by atoms with Gasteiger partial charge in [0.1, 0.15) is 6.04 Å². The van der Waals surface area contributed by atoms with E-state index < -0.39 is 23.5 Å². The molecule has 2 unspecified atom stereocenters. The Hall–Kier alpha value is -1.79. The molecule has 7 nitrogen and oxygen atoms in total. The van der Waals surface area contributed by atoms with E-state index in [4.69, 9.17) is 5.11 Å². The SMILES string of the molecule is CCC(C)(CNC(=O)NC(C)C(=O)N(C)C)C(=O)O. The zero-order valence-electron chi connectivity index (χ0n) is 12.1. The predicted molar refractivity (Wildman–Crippen MR) is 70.7 cm³/mol. The Morgan fingerprint density at radius 3 is 2.21 bits per heavy atom. The standard InChI is InChI=1S/C12H23N3O4/c1-6-12(3,10(17)18)7-13-11(19)14-8(2)9(16)15(4)5/h8H,6-7H2,1-5H3,(H,17,18)(H2,13,14,19). The molecule has 0 radical (unpaired) electrons. The molecule has 3 N–H and O–H groups in total. The number of amides is 3. The molecule has 0 aliphatic heterocycles. The first-order chi connectivity index (χ1) is 8.64. The van der Waals surface area contributed by atoms with E-state index >= 15 is 0 Å². The first-order valence-corrected chi connectivity index (χ1v) is 6.13. The van der Waals surface area contributed by atoms with E-state index in [9.17, 15) is 14.4 Å². The number of carbonyl (C=O) groups is 3. The van der Waals surface area contributed by atoms with Gasteiger partial charge >= 0.3 is 12.0 Å². The molecular formula is C12H23N3O4. The van der Waals surface area contributed by atoms with Crippen molar-refractivity contribution in [3.05, 3.63) is 0 Å². The average molecular weight is 273 g/mol. The van der Waals surface area contributed by atoms with Crippen LogP contribution in [0.1, 0.15) is 27.2 Å². The molecule has 7 heteroatoms. The number of carboxylic acid groups (broad SMARTS) is 1. The molecular weight excluding hydrogens is 250 g/mol. The summed E-state index contributed by atoms with van der Waals surface area (Å²) in [6.45, 7) is 4.88. The molecule has 0 spiro atoms. The minimum absolute atomic E-state index is 0.00748.